The molecule has 0 N–H and O–H groups in total. The quantitative estimate of drug-likeness (QED) is 0.153. The molecule has 1 aromatic heterocycles. The van der Waals surface area contributed by atoms with Crippen LogP contribution in [0.25, 0.3) is 22.6 Å². The van der Waals surface area contributed by atoms with Crippen molar-refractivity contribution < 1.29 is 13.9 Å². The maximum Gasteiger partial charge on any atom is 0.345 e. The topological polar surface area (TPSA) is 64.7 Å². The van der Waals surface area contributed by atoms with Crippen molar-refractivity contribution in [2.45, 2.75) is 6.92 Å². The number of esters is 1. The van der Waals surface area contributed by atoms with Crippen LogP contribution in [-0.4, -0.2) is 17.2 Å². The molecular formula is C28H19ClN2O3. The normalized spacial score (nSPS) is 11.2. The summed E-state index contributed by atoms with van der Waals surface area (Å²) in [5.74, 6) is 0.509. The van der Waals surface area contributed by atoms with Gasteiger partial charge in [0, 0.05) is 11.8 Å². The smallest absolute Gasteiger partial charge is 0.345 e. The van der Waals surface area contributed by atoms with E-state index in [4.69, 9.17) is 20.8 Å². The number of aryl methyl sites for hydroxylation is 1. The predicted molar refractivity (Wildman–Crippen MR) is 134 cm³/mol. The van der Waals surface area contributed by atoms with Crippen LogP contribution in [0.4, 0.5) is 5.69 Å². The van der Waals surface area contributed by atoms with Gasteiger partial charge in [-0.3, -0.25) is 4.99 Å². The Morgan fingerprint density at radius 1 is 0.971 bits per heavy atom. The number of fused-ring (bicyclic) bond motifs is 1. The van der Waals surface area contributed by atoms with E-state index >= 15 is 0 Å². The Bertz CT molecular complexity index is 1520. The number of halogens is 1. The summed E-state index contributed by atoms with van der Waals surface area (Å²) in [5.41, 5.74) is 5.48. The molecule has 0 radical (unpaired) electrons. The van der Waals surface area contributed by atoms with Crippen LogP contribution in [0.2, 0.25) is 5.02 Å². The lowest BCUT2D eigenvalue weighted by Crippen LogP contribution is -2.08. The van der Waals surface area contributed by atoms with Crippen molar-refractivity contribution in [2.24, 2.45) is 4.99 Å². The summed E-state index contributed by atoms with van der Waals surface area (Å²) in [7, 11) is 0. The number of aromatic nitrogens is 1. The number of benzene rings is 4. The first kappa shape index (κ1) is 21.6. The lowest BCUT2D eigenvalue weighted by molar-refractivity contribution is 0.0735. The van der Waals surface area contributed by atoms with Gasteiger partial charge in [0.15, 0.2) is 5.58 Å². The van der Waals surface area contributed by atoms with Gasteiger partial charge in [0.2, 0.25) is 5.89 Å². The summed E-state index contributed by atoms with van der Waals surface area (Å²) in [5, 5.41) is 0.353. The molecule has 5 nitrogen and oxygen atoms in total. The summed E-state index contributed by atoms with van der Waals surface area (Å²) in [6, 6.07) is 27.5. The van der Waals surface area contributed by atoms with Gasteiger partial charge < -0.3 is 9.15 Å². The van der Waals surface area contributed by atoms with Crippen LogP contribution >= 0.6 is 11.6 Å². The second kappa shape index (κ2) is 9.33. The van der Waals surface area contributed by atoms with Crippen molar-refractivity contribution in [3.05, 3.63) is 113 Å². The Balaban J connectivity index is 1.29. The Hall–Kier alpha value is -4.22. The average Bonchev–Trinajstić information content (AvgIpc) is 3.27. The number of aliphatic imine (C=N–C) groups is 1. The van der Waals surface area contributed by atoms with E-state index in [0.29, 0.717) is 27.8 Å². The number of nitrogens with zero attached hydrogens (tertiary/aromatic N) is 2. The molecular weight excluding hydrogens is 448 g/mol. The van der Waals surface area contributed by atoms with Gasteiger partial charge in [0.25, 0.3) is 0 Å². The van der Waals surface area contributed by atoms with Gasteiger partial charge in [0.05, 0.1) is 16.3 Å². The van der Waals surface area contributed by atoms with Gasteiger partial charge in [-0.2, -0.15) is 0 Å². The lowest BCUT2D eigenvalue weighted by atomic mass is 10.1. The average molecular weight is 467 g/mol. The van der Waals surface area contributed by atoms with Gasteiger partial charge >= 0.3 is 5.97 Å². The van der Waals surface area contributed by atoms with Gasteiger partial charge in [-0.25, -0.2) is 9.78 Å². The second-order valence-electron chi connectivity index (χ2n) is 7.74. The molecule has 4 aromatic carbocycles. The van der Waals surface area contributed by atoms with Crippen LogP contribution in [-0.2, 0) is 0 Å². The highest BCUT2D eigenvalue weighted by Crippen LogP contribution is 2.27. The Morgan fingerprint density at radius 3 is 2.59 bits per heavy atom. The highest BCUT2D eigenvalue weighted by atomic mass is 35.5. The third kappa shape index (κ3) is 4.75. The molecule has 0 bridgehead atoms. The first-order chi connectivity index (χ1) is 16.5. The van der Waals surface area contributed by atoms with Crippen molar-refractivity contribution in [3.8, 4) is 17.2 Å². The Kier molecular flexibility index (Phi) is 5.93. The second-order valence-corrected chi connectivity index (χ2v) is 8.14. The van der Waals surface area contributed by atoms with Crippen molar-refractivity contribution in [1.82, 2.24) is 4.98 Å². The molecule has 166 valence electrons. The maximum atomic E-state index is 12.3. The zero-order valence-corrected chi connectivity index (χ0v) is 19.0. The number of oxazole rings is 1. The van der Waals surface area contributed by atoms with Gasteiger partial charge in [-0.15, -0.1) is 0 Å². The SMILES string of the molecule is Cc1cccc(-c2nc3cc(N=Cc4ccc(OC(=O)c5ccccc5Cl)cc4)ccc3o2)c1. The Morgan fingerprint density at radius 2 is 1.79 bits per heavy atom. The molecule has 0 aliphatic rings. The highest BCUT2D eigenvalue weighted by Gasteiger charge is 2.12. The third-order valence-electron chi connectivity index (χ3n) is 5.18. The van der Waals surface area contributed by atoms with E-state index in [1.54, 1.807) is 42.6 Å². The van der Waals surface area contributed by atoms with Crippen LogP contribution in [0.5, 0.6) is 5.75 Å². The summed E-state index contributed by atoms with van der Waals surface area (Å²) in [4.78, 5) is 21.5. The number of rotatable bonds is 5. The summed E-state index contributed by atoms with van der Waals surface area (Å²) < 4.78 is 11.3. The minimum Gasteiger partial charge on any atom is -0.436 e. The van der Waals surface area contributed by atoms with Crippen LogP contribution in [0.1, 0.15) is 21.5 Å². The van der Waals surface area contributed by atoms with Crippen LogP contribution < -0.4 is 4.74 Å². The minimum absolute atomic E-state index is 0.323. The summed E-state index contributed by atoms with van der Waals surface area (Å²) >= 11 is 6.06. The van der Waals surface area contributed by atoms with E-state index in [9.17, 15) is 4.79 Å². The van der Waals surface area contributed by atoms with Gasteiger partial charge in [-0.1, -0.05) is 41.4 Å². The van der Waals surface area contributed by atoms with E-state index in [0.717, 1.165) is 27.9 Å². The number of carbonyl (C=O) groups is 1. The molecule has 0 amide bonds. The molecule has 0 saturated carbocycles. The monoisotopic (exact) mass is 466 g/mol. The minimum atomic E-state index is -0.502. The molecule has 0 aliphatic heterocycles. The molecule has 6 heteroatoms. The zero-order chi connectivity index (χ0) is 23.5. The van der Waals surface area contributed by atoms with E-state index < -0.39 is 5.97 Å². The van der Waals surface area contributed by atoms with Gasteiger partial charge in [0.1, 0.15) is 11.3 Å². The Labute approximate surface area is 201 Å². The van der Waals surface area contributed by atoms with Crippen LogP contribution in [0, 0.1) is 6.92 Å². The van der Waals surface area contributed by atoms with E-state index in [1.165, 1.54) is 0 Å². The maximum absolute atomic E-state index is 12.3. The third-order valence-corrected chi connectivity index (χ3v) is 5.51. The molecule has 5 rings (SSSR count). The van der Waals surface area contributed by atoms with E-state index in [-0.39, 0.29) is 0 Å². The first-order valence-corrected chi connectivity index (χ1v) is 11.0. The van der Waals surface area contributed by atoms with Crippen molar-refractivity contribution in [2.75, 3.05) is 0 Å². The molecule has 5 aromatic rings. The fraction of sp³-hybridized carbons (Fsp3) is 0.0357. The molecule has 0 unspecified atom stereocenters. The fourth-order valence-electron chi connectivity index (χ4n) is 3.46. The fourth-order valence-corrected chi connectivity index (χ4v) is 3.67. The largest absolute Gasteiger partial charge is 0.436 e. The highest BCUT2D eigenvalue weighted by molar-refractivity contribution is 6.33. The zero-order valence-electron chi connectivity index (χ0n) is 18.2. The number of hydrogen-bond donors (Lipinski definition) is 0. The number of carbonyl (C=O) groups excluding carboxylic acids is 1. The van der Waals surface area contributed by atoms with Gasteiger partial charge in [-0.05, 0) is 79.2 Å². The van der Waals surface area contributed by atoms with Crippen LogP contribution in [0.3, 0.4) is 0 Å². The van der Waals surface area contributed by atoms with Crippen molar-refractivity contribution >= 4 is 40.6 Å². The van der Waals surface area contributed by atoms with Crippen molar-refractivity contribution in [3.63, 3.8) is 0 Å². The lowest BCUT2D eigenvalue weighted by Gasteiger charge is -2.05. The molecule has 0 atom stereocenters. The molecule has 0 aliphatic carbocycles. The molecule has 0 fully saturated rings. The van der Waals surface area contributed by atoms with E-state index in [2.05, 4.69) is 9.98 Å². The van der Waals surface area contributed by atoms with E-state index in [1.807, 2.05) is 61.5 Å². The molecule has 1 heterocycles. The first-order valence-electron chi connectivity index (χ1n) is 10.6. The number of ether oxygens (including phenoxy) is 1. The molecule has 0 saturated heterocycles. The standard InChI is InChI=1S/C28H19ClN2O3/c1-18-5-4-6-20(15-18)27-31-25-16-21(11-14-26(25)34-27)30-17-19-9-12-22(13-10-19)33-28(32)23-7-2-3-8-24(23)29/h2-17H,1H3. The summed E-state index contributed by atoms with van der Waals surface area (Å²) in [6.07, 6.45) is 1.74. The predicted octanol–water partition coefficient (Wildman–Crippen LogP) is 7.43. The van der Waals surface area contributed by atoms with Crippen LogP contribution in [0.15, 0.2) is 100 Å². The molecule has 0 spiro atoms. The van der Waals surface area contributed by atoms with Crippen molar-refractivity contribution in [1.29, 1.82) is 0 Å². The molecule has 34 heavy (non-hydrogen) atoms. The number of hydrogen-bond acceptors (Lipinski definition) is 5. The summed E-state index contributed by atoms with van der Waals surface area (Å²) in [6.45, 7) is 2.04.